The van der Waals surface area contributed by atoms with Crippen LogP contribution in [0.4, 0.5) is 0 Å². The fraction of sp³-hybridized carbons (Fsp3) is 0. The Morgan fingerprint density at radius 2 is 2.17 bits per heavy atom. The molecule has 2 rings (SSSR count). The van der Waals surface area contributed by atoms with Gasteiger partial charge in [0.15, 0.2) is 0 Å². The summed E-state index contributed by atoms with van der Waals surface area (Å²) in [7, 11) is 0. The van der Waals surface area contributed by atoms with Crippen molar-refractivity contribution in [1.29, 1.82) is 0 Å². The number of benzene rings is 1. The molecule has 0 saturated heterocycles. The van der Waals surface area contributed by atoms with Gasteiger partial charge < -0.3 is 0 Å². The molecular formula is C7H3AmClNSY-. The van der Waals surface area contributed by atoms with E-state index in [4.69, 9.17) is 11.6 Å². The monoisotopic (exact) mass is 498 g/mol. The molecule has 5 heteroatoms. The molecule has 0 amide bonds. The maximum Gasteiger partial charge on any atom is 0 e. The standard InChI is InChI=1S/C7H3ClNS.Am.Y/c8-6-1-2-7-5(3-6)4-9-10-7;;/h1-3H;;/q-1;;. The van der Waals surface area contributed by atoms with Crippen LogP contribution < -0.4 is 0 Å². The Morgan fingerprint density at radius 1 is 1.42 bits per heavy atom. The van der Waals surface area contributed by atoms with Gasteiger partial charge in [0, 0.05) is 47.0 Å². The number of fused-ring (bicyclic) bond motifs is 1. The van der Waals surface area contributed by atoms with Gasteiger partial charge in [0.25, 0.3) is 0 Å². The summed E-state index contributed by atoms with van der Waals surface area (Å²) >= 11 is 7.16. The molecule has 1 aromatic heterocycles. The minimum atomic E-state index is 0. The minimum absolute atomic E-state index is 0. The summed E-state index contributed by atoms with van der Waals surface area (Å²) in [6.07, 6.45) is 2.84. The topological polar surface area (TPSA) is 12.9 Å². The van der Waals surface area contributed by atoms with E-state index in [9.17, 15) is 0 Å². The molecule has 0 atom stereocenters. The number of rotatable bonds is 0. The van der Waals surface area contributed by atoms with Crippen LogP contribution in [0, 0.1) is 20.5 Å². The van der Waals surface area contributed by atoms with Crippen LogP contribution >= 0.6 is 23.1 Å². The second-order valence-electron chi connectivity index (χ2n) is 1.93. The molecule has 0 unspecified atom stereocenters. The molecule has 0 saturated carbocycles. The van der Waals surface area contributed by atoms with Gasteiger partial charge in [0.2, 0.25) is 0 Å². The number of hydrogen-bond donors (Lipinski definition) is 0. The van der Waals surface area contributed by atoms with Crippen LogP contribution in [-0.2, 0) is 32.7 Å². The van der Waals surface area contributed by atoms with E-state index in [0.717, 1.165) is 15.1 Å². The minimum Gasteiger partial charge on any atom is -0.281 e. The molecule has 0 bridgehead atoms. The Balaban J connectivity index is 0.000000605. The second kappa shape index (κ2) is 5.59. The van der Waals surface area contributed by atoms with Crippen LogP contribution in [0.5, 0.6) is 0 Å². The van der Waals surface area contributed by atoms with Crippen LogP contribution in [0.2, 0.25) is 5.02 Å². The molecule has 0 aliphatic carbocycles. The SMILES string of the molecule is Clc1ccc2sn[c-]c2c1.[Am].[Y]. The van der Waals surface area contributed by atoms with Crippen molar-refractivity contribution in [1.82, 2.24) is 4.37 Å². The summed E-state index contributed by atoms with van der Waals surface area (Å²) < 4.78 is 5.03. The molecule has 0 fully saturated rings. The maximum absolute atomic E-state index is 5.73. The van der Waals surface area contributed by atoms with E-state index in [1.807, 2.05) is 18.2 Å². The van der Waals surface area contributed by atoms with Crippen molar-refractivity contribution in [3.63, 3.8) is 0 Å². The van der Waals surface area contributed by atoms with Gasteiger partial charge in [-0.2, -0.15) is 5.39 Å². The number of hydrogen-bond acceptors (Lipinski definition) is 2. The number of nitrogens with zero attached hydrogens (tertiary/aromatic N) is 1. The van der Waals surface area contributed by atoms with Gasteiger partial charge in [-0.1, -0.05) is 34.6 Å². The molecule has 1 nitrogen and oxygen atoms in total. The molecule has 2 aromatic rings. The molecule has 60 valence electrons. The van der Waals surface area contributed by atoms with Crippen molar-refractivity contribution < 1.29 is 47.0 Å². The van der Waals surface area contributed by atoms with E-state index in [1.165, 1.54) is 11.5 Å². The van der Waals surface area contributed by atoms with E-state index < -0.39 is 0 Å². The average molecular weight is 501 g/mol. The molecule has 0 aliphatic rings. The third-order valence-corrected chi connectivity index (χ3v) is 2.22. The normalized spacial score (nSPS) is 8.75. The Labute approximate surface area is 113 Å². The number of halogens is 1. The number of aromatic nitrogens is 1. The Hall–Kier alpha value is 0.894. The molecule has 1 heterocycles. The Kier molecular flexibility index (Phi) is 6.00. The van der Waals surface area contributed by atoms with E-state index in [0.29, 0.717) is 0 Å². The van der Waals surface area contributed by atoms with Gasteiger partial charge in [0.05, 0.1) is 0 Å². The second-order valence-corrected chi connectivity index (χ2v) is 3.18. The van der Waals surface area contributed by atoms with Crippen molar-refractivity contribution >= 4 is 33.2 Å². The van der Waals surface area contributed by atoms with Crippen molar-refractivity contribution in [2.45, 2.75) is 0 Å². The van der Waals surface area contributed by atoms with Crippen LogP contribution in [0.15, 0.2) is 18.2 Å². The summed E-state index contributed by atoms with van der Waals surface area (Å²) in [6, 6.07) is 5.67. The summed E-state index contributed by atoms with van der Waals surface area (Å²) in [6.45, 7) is 0. The summed E-state index contributed by atoms with van der Waals surface area (Å²) in [5.74, 6) is 0. The third kappa shape index (κ3) is 2.69. The predicted octanol–water partition coefficient (Wildman–Crippen LogP) is 2.75. The van der Waals surface area contributed by atoms with Gasteiger partial charge in [-0.3, -0.25) is 4.37 Å². The largest absolute Gasteiger partial charge is 0.281 e. The molecule has 0 N–H and O–H groups in total. The first kappa shape index (κ1) is 12.9. The van der Waals surface area contributed by atoms with Gasteiger partial charge in [-0.15, -0.1) is 17.6 Å². The zero-order valence-corrected chi connectivity index (χ0v) is 13.5. The van der Waals surface area contributed by atoms with Crippen LogP contribution in [0.25, 0.3) is 10.1 Å². The first-order valence-electron chi connectivity index (χ1n) is 2.79. The van der Waals surface area contributed by atoms with Crippen molar-refractivity contribution in [2.24, 2.45) is 0 Å². The third-order valence-electron chi connectivity index (χ3n) is 1.25. The van der Waals surface area contributed by atoms with Gasteiger partial charge >= 0.3 is 0 Å². The smallest absolute Gasteiger partial charge is 0 e. The van der Waals surface area contributed by atoms with Gasteiger partial charge in [-0.05, 0) is 5.02 Å². The fourth-order valence-corrected chi connectivity index (χ4v) is 1.54. The van der Waals surface area contributed by atoms with Crippen LogP contribution in [0.3, 0.4) is 0 Å². The average Bonchev–Trinajstić information content (AvgIpc) is 2.33. The van der Waals surface area contributed by atoms with Gasteiger partial charge in [-0.25, -0.2) is 0 Å². The van der Waals surface area contributed by atoms with Crippen molar-refractivity contribution in [2.75, 3.05) is 0 Å². The van der Waals surface area contributed by atoms with Crippen molar-refractivity contribution in [3.05, 3.63) is 29.4 Å². The van der Waals surface area contributed by atoms with Crippen LogP contribution in [-0.4, -0.2) is 4.37 Å². The zero-order chi connectivity index (χ0) is 6.97. The quantitative estimate of drug-likeness (QED) is 0.507. The van der Waals surface area contributed by atoms with Crippen LogP contribution in [0.1, 0.15) is 0 Å². The van der Waals surface area contributed by atoms with E-state index >= 15 is 0 Å². The first-order valence-corrected chi connectivity index (χ1v) is 3.94. The molecule has 1 aromatic carbocycles. The molecule has 2 radical (unpaired) electrons. The molecule has 0 aliphatic heterocycles. The fourth-order valence-electron chi connectivity index (χ4n) is 0.790. The summed E-state index contributed by atoms with van der Waals surface area (Å²) in [5.41, 5.74) is 0. The predicted molar refractivity (Wildman–Crippen MR) is 43.5 cm³/mol. The summed E-state index contributed by atoms with van der Waals surface area (Å²) in [4.78, 5) is 0. The maximum atomic E-state index is 5.73. The van der Waals surface area contributed by atoms with E-state index in [1.54, 1.807) is 0 Å². The van der Waals surface area contributed by atoms with Crippen molar-refractivity contribution in [3.8, 4) is 0 Å². The first-order chi connectivity index (χ1) is 4.86. The Bertz CT molecular complexity index is 365. The van der Waals surface area contributed by atoms with Gasteiger partial charge in [0.1, 0.15) is 0 Å². The summed E-state index contributed by atoms with van der Waals surface area (Å²) in [5, 5.41) is 1.74. The Morgan fingerprint density at radius 3 is 2.92 bits per heavy atom. The van der Waals surface area contributed by atoms with E-state index in [-0.39, 0.29) is 47.0 Å². The molecule has 0 spiro atoms. The zero-order valence-electron chi connectivity index (χ0n) is 5.92. The van der Waals surface area contributed by atoms with E-state index in [2.05, 4.69) is 10.6 Å². The molecule has 12 heavy (non-hydrogen) atoms. The molecular weight excluding hydrogens is 498 g/mol.